The van der Waals surface area contributed by atoms with Gasteiger partial charge in [-0.25, -0.2) is 13.6 Å². The van der Waals surface area contributed by atoms with E-state index in [1.54, 1.807) is 0 Å². The van der Waals surface area contributed by atoms with Crippen LogP contribution in [0.15, 0.2) is 54.9 Å². The summed E-state index contributed by atoms with van der Waals surface area (Å²) in [5.74, 6) is -6.70. The lowest BCUT2D eigenvalue weighted by atomic mass is 9.95. The Morgan fingerprint density at radius 3 is 2.40 bits per heavy atom. The molecule has 9 nitrogen and oxygen atoms in total. The summed E-state index contributed by atoms with van der Waals surface area (Å²) < 4.78 is 123. The third-order valence-corrected chi connectivity index (χ3v) is 7.65. The summed E-state index contributed by atoms with van der Waals surface area (Å²) in [4.78, 5) is 34.0. The highest BCUT2D eigenvalue weighted by Gasteiger charge is 2.46. The van der Waals surface area contributed by atoms with Crippen molar-refractivity contribution in [1.29, 1.82) is 0 Å². The van der Waals surface area contributed by atoms with Crippen LogP contribution in [0.4, 0.5) is 40.8 Å². The van der Waals surface area contributed by atoms with Gasteiger partial charge in [0, 0.05) is 42.0 Å². The molecule has 2 unspecified atom stereocenters. The quantitative estimate of drug-likeness (QED) is 0.224. The second-order valence-electron chi connectivity index (χ2n) is 10.6. The molecule has 1 saturated heterocycles. The first-order valence-corrected chi connectivity index (χ1v) is 14.0. The topological polar surface area (TPSA) is 114 Å². The zero-order valence-electron chi connectivity index (χ0n) is 24.6. The number of pyridine rings is 2. The van der Waals surface area contributed by atoms with Crippen molar-refractivity contribution in [2.24, 2.45) is 0 Å². The number of ether oxygens (including phenoxy) is 2. The molecule has 1 aliphatic rings. The zero-order chi connectivity index (χ0) is 35.0. The molecule has 3 heterocycles. The Kier molecular flexibility index (Phi) is 9.44. The fraction of sp³-hybridized carbons (Fsp3) is 0.290. The number of amides is 1. The summed E-state index contributed by atoms with van der Waals surface area (Å²) >= 11 is 0. The fourth-order valence-electron chi connectivity index (χ4n) is 5.47. The van der Waals surface area contributed by atoms with Gasteiger partial charge < -0.3 is 24.8 Å². The molecule has 2 atom stereocenters. The number of carboxylic acid groups (broad SMARTS) is 1. The molecule has 5 rings (SSSR count). The molecule has 0 bridgehead atoms. The van der Waals surface area contributed by atoms with Crippen molar-refractivity contribution in [2.45, 2.75) is 30.9 Å². The molecular formula is C31H24F8N4O5. The predicted octanol–water partition coefficient (Wildman–Crippen LogP) is 5.80. The first-order chi connectivity index (χ1) is 22.6. The number of aromatic nitrogens is 2. The number of morpholine rings is 1. The highest BCUT2D eigenvalue weighted by Crippen LogP contribution is 2.43. The number of carbonyl (C=O) groups excluding carboxylic acids is 1. The van der Waals surface area contributed by atoms with Crippen molar-refractivity contribution < 1.29 is 59.3 Å². The second-order valence-corrected chi connectivity index (χ2v) is 10.6. The van der Waals surface area contributed by atoms with Crippen LogP contribution in [0.3, 0.4) is 0 Å². The van der Waals surface area contributed by atoms with Crippen LogP contribution in [-0.4, -0.2) is 72.1 Å². The molecular weight excluding hydrogens is 660 g/mol. The van der Waals surface area contributed by atoms with Crippen molar-refractivity contribution in [3.05, 3.63) is 83.2 Å². The number of anilines is 1. The van der Waals surface area contributed by atoms with Gasteiger partial charge in [-0.15, -0.1) is 0 Å². The van der Waals surface area contributed by atoms with Crippen LogP contribution < -0.4 is 15.0 Å². The molecule has 2 N–H and O–H groups in total. The Morgan fingerprint density at radius 1 is 1.06 bits per heavy atom. The summed E-state index contributed by atoms with van der Waals surface area (Å²) in [6.45, 7) is -1.27. The average Bonchev–Trinajstić information content (AvgIpc) is 3.03. The summed E-state index contributed by atoms with van der Waals surface area (Å²) in [5.41, 5.74) is -3.27. The maximum Gasteiger partial charge on any atom is 0.422 e. The van der Waals surface area contributed by atoms with Gasteiger partial charge in [-0.1, -0.05) is 18.2 Å². The highest BCUT2D eigenvalue weighted by atomic mass is 19.4. The van der Waals surface area contributed by atoms with Crippen LogP contribution in [-0.2, 0) is 22.1 Å². The molecule has 1 fully saturated rings. The number of alkyl halides is 6. The number of aliphatic carboxylic acids is 1. The maximum absolute atomic E-state index is 15.1. The predicted molar refractivity (Wildman–Crippen MR) is 153 cm³/mol. The molecule has 0 spiro atoms. The third kappa shape index (κ3) is 6.81. The van der Waals surface area contributed by atoms with E-state index in [2.05, 4.69) is 9.97 Å². The van der Waals surface area contributed by atoms with Gasteiger partial charge in [0.2, 0.25) is 0 Å². The van der Waals surface area contributed by atoms with Gasteiger partial charge in [0.05, 0.1) is 31.5 Å². The minimum atomic E-state index is -4.88. The molecule has 0 saturated carbocycles. The minimum Gasteiger partial charge on any atom is -0.496 e. The van der Waals surface area contributed by atoms with Crippen molar-refractivity contribution in [2.75, 3.05) is 31.8 Å². The molecule has 1 aliphatic heterocycles. The number of benzene rings is 2. The second kappa shape index (κ2) is 13.2. The monoisotopic (exact) mass is 684 g/mol. The Labute approximate surface area is 266 Å². The van der Waals surface area contributed by atoms with Gasteiger partial charge in [0.25, 0.3) is 5.91 Å². The number of carbonyl (C=O) groups is 2. The van der Waals surface area contributed by atoms with Crippen molar-refractivity contribution in [1.82, 2.24) is 15.3 Å². The first-order valence-electron chi connectivity index (χ1n) is 14.0. The Hall–Kier alpha value is -5.06. The van der Waals surface area contributed by atoms with Crippen molar-refractivity contribution in [3.63, 3.8) is 0 Å². The number of hydrogen-bond acceptors (Lipinski definition) is 7. The van der Waals surface area contributed by atoms with Crippen molar-refractivity contribution in [3.8, 4) is 17.0 Å². The molecule has 2 aromatic heterocycles. The number of halogens is 8. The zero-order valence-corrected chi connectivity index (χ0v) is 24.6. The Morgan fingerprint density at radius 2 is 1.77 bits per heavy atom. The summed E-state index contributed by atoms with van der Waals surface area (Å²) in [6.07, 6.45) is -7.77. The van der Waals surface area contributed by atoms with E-state index in [1.165, 1.54) is 30.5 Å². The van der Waals surface area contributed by atoms with E-state index < -0.39 is 89.2 Å². The Balaban J connectivity index is 1.46. The van der Waals surface area contributed by atoms with E-state index in [9.17, 15) is 41.0 Å². The number of carboxylic acids is 1. The van der Waals surface area contributed by atoms with Gasteiger partial charge in [-0.05, 0) is 29.8 Å². The smallest absolute Gasteiger partial charge is 0.422 e. The number of fused-ring (bicyclic) bond motifs is 1. The normalized spacial score (nSPS) is 16.1. The largest absolute Gasteiger partial charge is 0.496 e. The van der Waals surface area contributed by atoms with Gasteiger partial charge >= 0.3 is 18.3 Å². The molecule has 0 aliphatic carbocycles. The van der Waals surface area contributed by atoms with Gasteiger partial charge in [0.15, 0.2) is 0 Å². The highest BCUT2D eigenvalue weighted by molar-refractivity contribution is 5.98. The van der Waals surface area contributed by atoms with Crippen LogP contribution in [0.1, 0.15) is 21.5 Å². The maximum atomic E-state index is 15.1. The molecule has 0 radical (unpaired) electrons. The van der Waals surface area contributed by atoms with Gasteiger partial charge in [-0.2, -0.15) is 26.3 Å². The molecule has 254 valence electrons. The molecule has 1 amide bonds. The van der Waals surface area contributed by atoms with Gasteiger partial charge in [0.1, 0.15) is 40.6 Å². The molecule has 2 aromatic carbocycles. The SMILES string of the molecule is COc1ccnc(-c2ccc(CC(NC(=O)c3c(F)cc(N4CCOCC4C(F)(F)F)cc3F)C(=O)O)c3cccnc23)c1C(F)(F)F. The summed E-state index contributed by atoms with van der Waals surface area (Å²) in [6, 6.07) is 3.53. The van der Waals surface area contributed by atoms with Crippen LogP contribution in [0.5, 0.6) is 5.75 Å². The number of rotatable bonds is 8. The van der Waals surface area contributed by atoms with E-state index in [4.69, 9.17) is 9.47 Å². The number of nitrogens with one attached hydrogen (secondary N) is 1. The van der Waals surface area contributed by atoms with Crippen LogP contribution in [0.25, 0.3) is 22.2 Å². The number of methoxy groups -OCH3 is 1. The van der Waals surface area contributed by atoms with E-state index in [0.29, 0.717) is 17.0 Å². The standard InChI is InChI=1S/C31H24F8N4O5/c1-47-22-6-8-41-27(25(22)31(37,38)39)18-5-4-15(17-3-2-7-40-26(17)18)11-21(29(45)46)42-28(44)24-19(32)12-16(13-20(24)33)43-9-10-48-14-23(43)30(34,35)36/h2-8,12-13,21,23H,9-11,14H2,1H3,(H,42,44)(H,45,46). The summed E-state index contributed by atoms with van der Waals surface area (Å²) in [7, 11) is 1.06. The lowest BCUT2D eigenvalue weighted by molar-refractivity contribution is -0.167. The average molecular weight is 685 g/mol. The van der Waals surface area contributed by atoms with Crippen LogP contribution in [0, 0.1) is 11.6 Å². The fourth-order valence-corrected chi connectivity index (χ4v) is 5.47. The van der Waals surface area contributed by atoms with Crippen LogP contribution >= 0.6 is 0 Å². The van der Waals surface area contributed by atoms with Gasteiger partial charge in [-0.3, -0.25) is 14.8 Å². The van der Waals surface area contributed by atoms with Crippen molar-refractivity contribution >= 4 is 28.5 Å². The number of hydrogen-bond donors (Lipinski definition) is 2. The summed E-state index contributed by atoms with van der Waals surface area (Å²) in [5, 5.41) is 12.1. The number of nitrogens with zero attached hydrogens (tertiary/aromatic N) is 3. The molecule has 17 heteroatoms. The molecule has 48 heavy (non-hydrogen) atoms. The van der Waals surface area contributed by atoms with E-state index in [0.717, 1.165) is 19.4 Å². The van der Waals surface area contributed by atoms with E-state index in [1.807, 2.05) is 5.32 Å². The van der Waals surface area contributed by atoms with E-state index in [-0.39, 0.29) is 35.2 Å². The minimum absolute atomic E-state index is 0.00432. The Bertz CT molecular complexity index is 1840. The first kappa shape index (κ1) is 34.3. The lowest BCUT2D eigenvalue weighted by Gasteiger charge is -2.38. The molecule has 4 aromatic rings. The lowest BCUT2D eigenvalue weighted by Crippen LogP contribution is -2.53. The van der Waals surface area contributed by atoms with E-state index >= 15 is 8.78 Å². The third-order valence-electron chi connectivity index (χ3n) is 7.65. The van der Waals surface area contributed by atoms with Crippen LogP contribution in [0.2, 0.25) is 0 Å².